The monoisotopic (exact) mass is 231 g/mol. The molecule has 0 radical (unpaired) electrons. The van der Waals surface area contributed by atoms with Crippen LogP contribution in [0.5, 0.6) is 5.75 Å². The van der Waals surface area contributed by atoms with Crippen LogP contribution in [-0.4, -0.2) is 23.1 Å². The van der Waals surface area contributed by atoms with Crippen LogP contribution in [0.2, 0.25) is 0 Å². The van der Waals surface area contributed by atoms with Crippen molar-refractivity contribution >= 4 is 0 Å². The van der Waals surface area contributed by atoms with Crippen LogP contribution in [0.3, 0.4) is 0 Å². The van der Waals surface area contributed by atoms with E-state index < -0.39 is 0 Å². The minimum absolute atomic E-state index is 0.0230. The zero-order chi connectivity index (χ0) is 12.3. The zero-order valence-corrected chi connectivity index (χ0v) is 10.3. The molecule has 1 aromatic carbocycles. The van der Waals surface area contributed by atoms with Crippen LogP contribution >= 0.6 is 0 Å². The summed E-state index contributed by atoms with van der Waals surface area (Å²) in [5.74, 6) is 0.758. The van der Waals surface area contributed by atoms with Crippen molar-refractivity contribution in [2.24, 2.45) is 0 Å². The molecule has 90 valence electrons. The number of ether oxygens (including phenoxy) is 1. The highest BCUT2D eigenvalue weighted by Gasteiger charge is 2.04. The van der Waals surface area contributed by atoms with E-state index in [0.29, 0.717) is 0 Å². The maximum absolute atomic E-state index is 5.60. The van der Waals surface area contributed by atoms with Crippen molar-refractivity contribution in [3.05, 3.63) is 42.2 Å². The second-order valence-electron chi connectivity index (χ2n) is 4.01. The molecule has 2 rings (SSSR count). The lowest BCUT2D eigenvalue weighted by Crippen LogP contribution is -2.27. The van der Waals surface area contributed by atoms with Gasteiger partial charge in [-0.1, -0.05) is 12.1 Å². The largest absolute Gasteiger partial charge is 0.472 e. The van der Waals surface area contributed by atoms with Gasteiger partial charge in [0, 0.05) is 0 Å². The lowest BCUT2D eigenvalue weighted by Gasteiger charge is -2.10. The fraction of sp³-hybridized carbons (Fsp3) is 0.308. The number of benzene rings is 1. The van der Waals surface area contributed by atoms with E-state index in [0.717, 1.165) is 11.4 Å². The quantitative estimate of drug-likeness (QED) is 0.819. The van der Waals surface area contributed by atoms with Gasteiger partial charge in [-0.15, -0.1) is 0 Å². The number of nitrogens with one attached hydrogen (secondary N) is 1. The second-order valence-corrected chi connectivity index (χ2v) is 4.01. The SMILES string of the molecule is CNC(C)Oc1cnn(-c2cccc(C)c2)c1. The van der Waals surface area contributed by atoms with Crippen LogP contribution in [0.15, 0.2) is 36.7 Å². The molecular weight excluding hydrogens is 214 g/mol. The Morgan fingerprint density at radius 2 is 2.24 bits per heavy atom. The third-order valence-electron chi connectivity index (χ3n) is 2.54. The van der Waals surface area contributed by atoms with Crippen molar-refractivity contribution in [1.29, 1.82) is 0 Å². The molecule has 0 fully saturated rings. The molecule has 1 unspecified atom stereocenters. The van der Waals surface area contributed by atoms with Gasteiger partial charge in [0.1, 0.15) is 6.23 Å². The van der Waals surface area contributed by atoms with Crippen molar-refractivity contribution in [2.45, 2.75) is 20.1 Å². The first kappa shape index (κ1) is 11.7. The Bertz CT molecular complexity index is 493. The molecule has 1 N–H and O–H groups in total. The predicted octanol–water partition coefficient (Wildman–Crippen LogP) is 2.12. The molecule has 0 aliphatic carbocycles. The van der Waals surface area contributed by atoms with E-state index in [1.54, 1.807) is 6.20 Å². The molecule has 0 aliphatic rings. The van der Waals surface area contributed by atoms with E-state index >= 15 is 0 Å². The van der Waals surface area contributed by atoms with Gasteiger partial charge in [0.2, 0.25) is 0 Å². The smallest absolute Gasteiger partial charge is 0.160 e. The summed E-state index contributed by atoms with van der Waals surface area (Å²) < 4.78 is 7.41. The maximum Gasteiger partial charge on any atom is 0.160 e. The van der Waals surface area contributed by atoms with Crippen LogP contribution in [0.1, 0.15) is 12.5 Å². The molecule has 1 aromatic heterocycles. The number of hydrogen-bond donors (Lipinski definition) is 1. The van der Waals surface area contributed by atoms with Gasteiger partial charge in [0.05, 0.1) is 18.1 Å². The minimum atomic E-state index is -0.0230. The first-order chi connectivity index (χ1) is 8.19. The van der Waals surface area contributed by atoms with Crippen LogP contribution in [0, 0.1) is 6.92 Å². The molecule has 0 amide bonds. The average molecular weight is 231 g/mol. The summed E-state index contributed by atoms with van der Waals surface area (Å²) in [6.07, 6.45) is 3.57. The predicted molar refractivity (Wildman–Crippen MR) is 67.5 cm³/mol. The first-order valence-corrected chi connectivity index (χ1v) is 5.64. The maximum atomic E-state index is 5.60. The molecule has 0 bridgehead atoms. The van der Waals surface area contributed by atoms with Gasteiger partial charge in [0.15, 0.2) is 5.75 Å². The van der Waals surface area contributed by atoms with Crippen molar-refractivity contribution in [1.82, 2.24) is 15.1 Å². The summed E-state index contributed by atoms with van der Waals surface area (Å²) in [5.41, 5.74) is 2.25. The third kappa shape index (κ3) is 2.85. The highest BCUT2D eigenvalue weighted by atomic mass is 16.5. The summed E-state index contributed by atoms with van der Waals surface area (Å²) in [6.45, 7) is 4.01. The second kappa shape index (κ2) is 5.01. The molecule has 2 aromatic rings. The Morgan fingerprint density at radius 3 is 2.94 bits per heavy atom. The number of hydrogen-bond acceptors (Lipinski definition) is 3. The fourth-order valence-electron chi connectivity index (χ4n) is 1.54. The van der Waals surface area contributed by atoms with Crippen LogP contribution in [-0.2, 0) is 0 Å². The van der Waals surface area contributed by atoms with Crippen molar-refractivity contribution in [3.63, 3.8) is 0 Å². The summed E-state index contributed by atoms with van der Waals surface area (Å²) >= 11 is 0. The normalized spacial score (nSPS) is 12.4. The third-order valence-corrected chi connectivity index (χ3v) is 2.54. The van der Waals surface area contributed by atoms with E-state index in [9.17, 15) is 0 Å². The average Bonchev–Trinajstić information content (AvgIpc) is 2.77. The number of nitrogens with zero attached hydrogens (tertiary/aromatic N) is 2. The van der Waals surface area contributed by atoms with E-state index in [1.807, 2.05) is 37.0 Å². The number of aryl methyl sites for hydroxylation is 1. The van der Waals surface area contributed by atoms with Crippen molar-refractivity contribution in [2.75, 3.05) is 7.05 Å². The molecule has 0 saturated carbocycles. The summed E-state index contributed by atoms with van der Waals surface area (Å²) in [7, 11) is 1.86. The molecule has 17 heavy (non-hydrogen) atoms. The van der Waals surface area contributed by atoms with Crippen molar-refractivity contribution in [3.8, 4) is 11.4 Å². The first-order valence-electron chi connectivity index (χ1n) is 5.64. The van der Waals surface area contributed by atoms with Gasteiger partial charge >= 0.3 is 0 Å². The highest BCUT2D eigenvalue weighted by molar-refractivity contribution is 5.35. The van der Waals surface area contributed by atoms with Gasteiger partial charge in [-0.2, -0.15) is 5.10 Å². The molecule has 0 saturated heterocycles. The van der Waals surface area contributed by atoms with Crippen LogP contribution in [0.4, 0.5) is 0 Å². The Morgan fingerprint density at radius 1 is 1.41 bits per heavy atom. The van der Waals surface area contributed by atoms with E-state index in [-0.39, 0.29) is 6.23 Å². The molecular formula is C13H17N3O. The number of rotatable bonds is 4. The molecule has 0 aliphatic heterocycles. The molecule has 4 heteroatoms. The Balaban J connectivity index is 2.18. The van der Waals surface area contributed by atoms with Gasteiger partial charge in [-0.25, -0.2) is 4.68 Å². The number of aromatic nitrogens is 2. The molecule has 4 nitrogen and oxygen atoms in total. The van der Waals surface area contributed by atoms with Gasteiger partial charge in [0.25, 0.3) is 0 Å². The Labute approximate surface area is 101 Å². The van der Waals surface area contributed by atoms with E-state index in [1.165, 1.54) is 5.56 Å². The lowest BCUT2D eigenvalue weighted by molar-refractivity contribution is 0.193. The molecule has 1 atom stereocenters. The minimum Gasteiger partial charge on any atom is -0.472 e. The van der Waals surface area contributed by atoms with Crippen LogP contribution in [0.25, 0.3) is 5.69 Å². The Hall–Kier alpha value is -1.81. The molecule has 1 heterocycles. The fourth-order valence-corrected chi connectivity index (χ4v) is 1.54. The van der Waals surface area contributed by atoms with Gasteiger partial charge in [-0.05, 0) is 38.6 Å². The zero-order valence-electron chi connectivity index (χ0n) is 10.3. The van der Waals surface area contributed by atoms with E-state index in [2.05, 4.69) is 29.5 Å². The molecule has 0 spiro atoms. The lowest BCUT2D eigenvalue weighted by atomic mass is 10.2. The summed E-state index contributed by atoms with van der Waals surface area (Å²) in [6, 6.07) is 8.18. The van der Waals surface area contributed by atoms with Crippen molar-refractivity contribution < 1.29 is 4.74 Å². The highest BCUT2D eigenvalue weighted by Crippen LogP contribution is 2.15. The Kier molecular flexibility index (Phi) is 3.44. The summed E-state index contributed by atoms with van der Waals surface area (Å²) in [5, 5.41) is 7.29. The standard InChI is InChI=1S/C13H17N3O/c1-10-5-4-6-12(7-10)16-9-13(8-15-16)17-11(2)14-3/h4-9,11,14H,1-3H3. The summed E-state index contributed by atoms with van der Waals surface area (Å²) in [4.78, 5) is 0. The van der Waals surface area contributed by atoms with Crippen LogP contribution < -0.4 is 10.1 Å². The van der Waals surface area contributed by atoms with E-state index in [4.69, 9.17) is 4.74 Å². The van der Waals surface area contributed by atoms with Gasteiger partial charge in [-0.3, -0.25) is 5.32 Å². The topological polar surface area (TPSA) is 39.1 Å². The van der Waals surface area contributed by atoms with Gasteiger partial charge < -0.3 is 4.74 Å².